The summed E-state index contributed by atoms with van der Waals surface area (Å²) in [7, 11) is 0. The molecule has 0 aromatic carbocycles. The monoisotopic (exact) mass is 226 g/mol. The molecule has 1 N–H and O–H groups in total. The Hall–Kier alpha value is -0.120. The lowest BCUT2D eigenvalue weighted by Crippen LogP contribution is -2.63. The minimum absolute atomic E-state index is 0.227. The molecule has 0 bridgehead atoms. The Morgan fingerprint density at radius 3 is 2.19 bits per heavy atom. The second kappa shape index (κ2) is 4.63. The molecule has 0 aromatic rings. The van der Waals surface area contributed by atoms with Crippen molar-refractivity contribution in [2.75, 3.05) is 32.7 Å². The smallest absolute Gasteiger partial charge is 0.109 e. The quantitative estimate of drug-likeness (QED) is 0.787. The Balaban J connectivity index is 1.79. The number of hydrogen-bond donors (Lipinski definition) is 1. The SMILES string of the molecule is CCN1CCC2(CC1)CN(C(O)C(C)C)C2. The standard InChI is InChI=1S/C13H26N2O/c1-4-14-7-5-13(6-8-14)9-15(10-13)12(16)11(2)3/h11-12,16H,4-10H2,1-3H3. The van der Waals surface area contributed by atoms with Gasteiger partial charge in [-0.25, -0.2) is 0 Å². The number of aliphatic hydroxyl groups excluding tert-OH is 1. The van der Waals surface area contributed by atoms with Gasteiger partial charge in [0.2, 0.25) is 0 Å². The molecule has 0 aliphatic carbocycles. The number of aliphatic hydroxyl groups is 1. The van der Waals surface area contributed by atoms with Crippen LogP contribution < -0.4 is 0 Å². The lowest BCUT2D eigenvalue weighted by Gasteiger charge is -2.56. The molecule has 0 amide bonds. The molecule has 2 saturated heterocycles. The summed E-state index contributed by atoms with van der Waals surface area (Å²) in [6.07, 6.45) is 2.42. The summed E-state index contributed by atoms with van der Waals surface area (Å²) >= 11 is 0. The third-order valence-electron chi connectivity index (χ3n) is 4.41. The Morgan fingerprint density at radius 1 is 1.19 bits per heavy atom. The van der Waals surface area contributed by atoms with Gasteiger partial charge in [-0.2, -0.15) is 0 Å². The van der Waals surface area contributed by atoms with Crippen LogP contribution in [-0.4, -0.2) is 53.9 Å². The molecule has 2 aliphatic heterocycles. The van der Waals surface area contributed by atoms with E-state index in [0.29, 0.717) is 11.3 Å². The minimum atomic E-state index is -0.227. The predicted molar refractivity (Wildman–Crippen MR) is 66.2 cm³/mol. The van der Waals surface area contributed by atoms with Crippen molar-refractivity contribution in [1.29, 1.82) is 0 Å². The molecule has 3 nitrogen and oxygen atoms in total. The van der Waals surface area contributed by atoms with Gasteiger partial charge in [0, 0.05) is 13.1 Å². The van der Waals surface area contributed by atoms with Crippen LogP contribution in [0, 0.1) is 11.3 Å². The number of likely N-dealkylation sites (tertiary alicyclic amines) is 2. The van der Waals surface area contributed by atoms with Gasteiger partial charge in [0.15, 0.2) is 0 Å². The van der Waals surface area contributed by atoms with Crippen molar-refractivity contribution in [3.63, 3.8) is 0 Å². The lowest BCUT2D eigenvalue weighted by atomic mass is 9.71. The first kappa shape index (κ1) is 12.3. The van der Waals surface area contributed by atoms with Crippen molar-refractivity contribution in [3.8, 4) is 0 Å². The van der Waals surface area contributed by atoms with E-state index in [0.717, 1.165) is 13.1 Å². The normalized spacial score (nSPS) is 28.3. The van der Waals surface area contributed by atoms with Crippen LogP contribution in [0.3, 0.4) is 0 Å². The van der Waals surface area contributed by atoms with Crippen LogP contribution in [0.4, 0.5) is 0 Å². The zero-order valence-electron chi connectivity index (χ0n) is 10.9. The third kappa shape index (κ3) is 2.27. The van der Waals surface area contributed by atoms with Crippen LogP contribution in [0.15, 0.2) is 0 Å². The van der Waals surface area contributed by atoms with Gasteiger partial charge in [-0.05, 0) is 43.8 Å². The van der Waals surface area contributed by atoms with Crippen molar-refractivity contribution in [1.82, 2.24) is 9.80 Å². The van der Waals surface area contributed by atoms with Crippen LogP contribution in [0.5, 0.6) is 0 Å². The van der Waals surface area contributed by atoms with Gasteiger partial charge < -0.3 is 10.0 Å². The van der Waals surface area contributed by atoms with E-state index in [-0.39, 0.29) is 6.23 Å². The van der Waals surface area contributed by atoms with Gasteiger partial charge in [-0.1, -0.05) is 20.8 Å². The molecule has 3 heteroatoms. The summed E-state index contributed by atoms with van der Waals surface area (Å²) in [6.45, 7) is 12.4. The van der Waals surface area contributed by atoms with E-state index >= 15 is 0 Å². The van der Waals surface area contributed by atoms with Crippen molar-refractivity contribution < 1.29 is 5.11 Å². The van der Waals surface area contributed by atoms with Crippen LogP contribution >= 0.6 is 0 Å². The summed E-state index contributed by atoms with van der Waals surface area (Å²) in [4.78, 5) is 4.78. The first-order valence-corrected chi connectivity index (χ1v) is 6.71. The number of piperidine rings is 1. The van der Waals surface area contributed by atoms with E-state index in [1.165, 1.54) is 32.5 Å². The molecular weight excluding hydrogens is 200 g/mol. The van der Waals surface area contributed by atoms with E-state index in [9.17, 15) is 5.11 Å². The Morgan fingerprint density at radius 2 is 1.75 bits per heavy atom. The van der Waals surface area contributed by atoms with E-state index in [1.807, 2.05) is 0 Å². The molecular formula is C13H26N2O. The molecule has 0 radical (unpaired) electrons. The topological polar surface area (TPSA) is 26.7 Å². The second-order valence-electron chi connectivity index (χ2n) is 6.00. The maximum absolute atomic E-state index is 9.97. The molecule has 94 valence electrons. The minimum Gasteiger partial charge on any atom is -0.378 e. The Bertz CT molecular complexity index is 226. The van der Waals surface area contributed by atoms with Crippen molar-refractivity contribution in [3.05, 3.63) is 0 Å². The highest BCUT2D eigenvalue weighted by Gasteiger charge is 2.46. The van der Waals surface area contributed by atoms with Crippen LogP contribution in [0.1, 0.15) is 33.6 Å². The Kier molecular flexibility index (Phi) is 3.57. The summed E-state index contributed by atoms with van der Waals surface area (Å²) in [5, 5.41) is 9.97. The molecule has 2 aliphatic rings. The highest BCUT2D eigenvalue weighted by atomic mass is 16.3. The van der Waals surface area contributed by atoms with Gasteiger partial charge in [0.05, 0.1) is 0 Å². The van der Waals surface area contributed by atoms with Crippen LogP contribution in [0.25, 0.3) is 0 Å². The van der Waals surface area contributed by atoms with Gasteiger partial charge in [0.25, 0.3) is 0 Å². The molecule has 16 heavy (non-hydrogen) atoms. The van der Waals surface area contributed by atoms with Gasteiger partial charge in [-0.3, -0.25) is 4.90 Å². The van der Waals surface area contributed by atoms with E-state index < -0.39 is 0 Å². The van der Waals surface area contributed by atoms with Crippen molar-refractivity contribution >= 4 is 0 Å². The number of hydrogen-bond acceptors (Lipinski definition) is 3. The zero-order chi connectivity index (χ0) is 11.8. The van der Waals surface area contributed by atoms with Gasteiger partial charge >= 0.3 is 0 Å². The molecule has 1 spiro atoms. The van der Waals surface area contributed by atoms with E-state index in [4.69, 9.17) is 0 Å². The highest BCUT2D eigenvalue weighted by Crippen LogP contribution is 2.41. The fourth-order valence-electron chi connectivity index (χ4n) is 3.08. The molecule has 2 heterocycles. The van der Waals surface area contributed by atoms with Gasteiger partial charge in [0.1, 0.15) is 6.23 Å². The molecule has 1 unspecified atom stereocenters. The number of rotatable bonds is 3. The zero-order valence-corrected chi connectivity index (χ0v) is 10.9. The molecule has 0 aromatic heterocycles. The number of nitrogens with zero attached hydrogens (tertiary/aromatic N) is 2. The van der Waals surface area contributed by atoms with Crippen LogP contribution in [-0.2, 0) is 0 Å². The van der Waals surface area contributed by atoms with Gasteiger partial charge in [-0.15, -0.1) is 0 Å². The molecule has 2 rings (SSSR count). The summed E-state index contributed by atoms with van der Waals surface area (Å²) in [6, 6.07) is 0. The van der Waals surface area contributed by atoms with Crippen molar-refractivity contribution in [2.45, 2.75) is 39.8 Å². The van der Waals surface area contributed by atoms with Crippen LogP contribution in [0.2, 0.25) is 0 Å². The summed E-state index contributed by atoms with van der Waals surface area (Å²) in [5.74, 6) is 0.355. The fraction of sp³-hybridized carbons (Fsp3) is 1.00. The first-order chi connectivity index (χ1) is 7.56. The van der Waals surface area contributed by atoms with E-state index in [1.54, 1.807) is 0 Å². The lowest BCUT2D eigenvalue weighted by molar-refractivity contribution is -0.145. The van der Waals surface area contributed by atoms with Crippen molar-refractivity contribution in [2.24, 2.45) is 11.3 Å². The largest absolute Gasteiger partial charge is 0.378 e. The average Bonchev–Trinajstić information content (AvgIpc) is 2.25. The molecule has 0 saturated carbocycles. The molecule has 2 fully saturated rings. The summed E-state index contributed by atoms with van der Waals surface area (Å²) in [5.41, 5.74) is 0.543. The maximum atomic E-state index is 9.97. The third-order valence-corrected chi connectivity index (χ3v) is 4.41. The predicted octanol–water partition coefficient (Wildman–Crippen LogP) is 1.38. The second-order valence-corrected chi connectivity index (χ2v) is 6.00. The first-order valence-electron chi connectivity index (χ1n) is 6.71. The Labute approximate surface area is 99.4 Å². The highest BCUT2D eigenvalue weighted by molar-refractivity contribution is 4.99. The maximum Gasteiger partial charge on any atom is 0.109 e. The average molecular weight is 226 g/mol. The molecule has 1 atom stereocenters. The fourth-order valence-corrected chi connectivity index (χ4v) is 3.08. The summed E-state index contributed by atoms with van der Waals surface area (Å²) < 4.78 is 0. The van der Waals surface area contributed by atoms with E-state index in [2.05, 4.69) is 30.6 Å².